The Morgan fingerprint density at radius 1 is 1.19 bits per heavy atom. The molecule has 0 unspecified atom stereocenters. The van der Waals surface area contributed by atoms with Gasteiger partial charge in [-0.15, -0.1) is 0 Å². The fourth-order valence-electron chi connectivity index (χ4n) is 1.69. The summed E-state index contributed by atoms with van der Waals surface area (Å²) in [6, 6.07) is 9.61. The van der Waals surface area contributed by atoms with E-state index in [9.17, 15) is 0 Å². The molecule has 1 aromatic carbocycles. The van der Waals surface area contributed by atoms with E-state index in [1.54, 1.807) is 13.2 Å². The maximum absolute atomic E-state index is 5.79. The van der Waals surface area contributed by atoms with Gasteiger partial charge in [0, 0.05) is 23.3 Å². The zero-order valence-corrected chi connectivity index (χ0v) is 14.3. The van der Waals surface area contributed by atoms with Crippen molar-refractivity contribution >= 4 is 28.4 Å². The molecule has 112 valence electrons. The third kappa shape index (κ3) is 5.13. The van der Waals surface area contributed by atoms with Gasteiger partial charge in [-0.1, -0.05) is 6.92 Å². The fraction of sp³-hybridized carbons (Fsp3) is 0.333. The van der Waals surface area contributed by atoms with Crippen molar-refractivity contribution in [1.82, 2.24) is 9.97 Å². The second-order valence-electron chi connectivity index (χ2n) is 4.42. The lowest BCUT2D eigenvalue weighted by Crippen LogP contribution is -2.06. The first-order chi connectivity index (χ1) is 10.2. The molecule has 0 saturated heterocycles. The molecule has 1 heterocycles. The number of hydrogen-bond acceptors (Lipinski definition) is 5. The lowest BCUT2D eigenvalue weighted by Gasteiger charge is -2.10. The zero-order chi connectivity index (χ0) is 15.1. The van der Waals surface area contributed by atoms with Gasteiger partial charge < -0.3 is 14.8 Å². The summed E-state index contributed by atoms with van der Waals surface area (Å²) in [5.74, 6) is 2.61. The minimum Gasteiger partial charge on any atom is -0.439 e. The second kappa shape index (κ2) is 8.14. The van der Waals surface area contributed by atoms with Gasteiger partial charge in [0.25, 0.3) is 0 Å². The molecule has 0 spiro atoms. The minimum absolute atomic E-state index is 0.352. The van der Waals surface area contributed by atoms with Crippen molar-refractivity contribution < 1.29 is 9.47 Å². The van der Waals surface area contributed by atoms with Crippen LogP contribution in [0.25, 0.3) is 0 Å². The van der Waals surface area contributed by atoms with Gasteiger partial charge >= 0.3 is 0 Å². The molecule has 0 amide bonds. The van der Waals surface area contributed by atoms with E-state index in [1.165, 1.54) is 0 Å². The Bertz CT molecular complexity index is 576. The van der Waals surface area contributed by atoms with Gasteiger partial charge in [-0.3, -0.25) is 0 Å². The van der Waals surface area contributed by atoms with E-state index in [0.717, 1.165) is 28.1 Å². The number of halogens is 1. The van der Waals surface area contributed by atoms with Crippen LogP contribution in [0.1, 0.15) is 19.2 Å². The number of nitrogens with zero attached hydrogens (tertiary/aromatic N) is 2. The van der Waals surface area contributed by atoms with Gasteiger partial charge in [0.15, 0.2) is 5.82 Å². The van der Waals surface area contributed by atoms with Crippen LogP contribution in [-0.4, -0.2) is 23.6 Å². The molecule has 0 fully saturated rings. The van der Waals surface area contributed by atoms with E-state index in [0.29, 0.717) is 18.3 Å². The Balaban J connectivity index is 2.19. The van der Waals surface area contributed by atoms with Crippen LogP contribution in [0.2, 0.25) is 0 Å². The molecule has 6 heteroatoms. The number of rotatable bonds is 7. The van der Waals surface area contributed by atoms with Gasteiger partial charge in [-0.05, 0) is 53.3 Å². The highest BCUT2D eigenvalue weighted by Crippen LogP contribution is 2.22. The molecule has 5 nitrogen and oxygen atoms in total. The third-order valence-corrected chi connectivity index (χ3v) is 3.33. The molecule has 1 N–H and O–H groups in total. The first kappa shape index (κ1) is 16.0. The number of ether oxygens (including phenoxy) is 2. The minimum atomic E-state index is 0.352. The van der Waals surface area contributed by atoms with Crippen LogP contribution in [0.4, 0.5) is 5.82 Å². The zero-order valence-electron chi connectivity index (χ0n) is 12.1. The van der Waals surface area contributed by atoms with Crippen molar-refractivity contribution in [2.45, 2.75) is 20.0 Å². The van der Waals surface area contributed by atoms with Gasteiger partial charge in [-0.25, -0.2) is 4.98 Å². The Morgan fingerprint density at radius 3 is 2.62 bits per heavy atom. The van der Waals surface area contributed by atoms with Crippen LogP contribution >= 0.6 is 22.6 Å². The highest BCUT2D eigenvalue weighted by molar-refractivity contribution is 14.1. The van der Waals surface area contributed by atoms with E-state index in [-0.39, 0.29) is 0 Å². The van der Waals surface area contributed by atoms with Gasteiger partial charge in [-0.2, -0.15) is 4.98 Å². The molecule has 2 aromatic rings. The molecule has 0 aliphatic carbocycles. The van der Waals surface area contributed by atoms with E-state index >= 15 is 0 Å². The molecule has 0 atom stereocenters. The van der Waals surface area contributed by atoms with Crippen molar-refractivity contribution in [3.8, 4) is 11.6 Å². The van der Waals surface area contributed by atoms with Crippen LogP contribution in [-0.2, 0) is 11.3 Å². The molecular formula is C15H18IN3O2. The average molecular weight is 399 g/mol. The lowest BCUT2D eigenvalue weighted by molar-refractivity contribution is 0.177. The van der Waals surface area contributed by atoms with E-state index < -0.39 is 0 Å². The van der Waals surface area contributed by atoms with Crippen LogP contribution in [0, 0.1) is 3.57 Å². The Kier molecular flexibility index (Phi) is 6.19. The molecule has 21 heavy (non-hydrogen) atoms. The monoisotopic (exact) mass is 399 g/mol. The van der Waals surface area contributed by atoms with Crippen molar-refractivity contribution in [3.63, 3.8) is 0 Å². The lowest BCUT2D eigenvalue weighted by atomic mass is 10.3. The molecular weight excluding hydrogens is 381 g/mol. The van der Waals surface area contributed by atoms with Crippen molar-refractivity contribution in [3.05, 3.63) is 39.7 Å². The fourth-order valence-corrected chi connectivity index (χ4v) is 2.05. The summed E-state index contributed by atoms with van der Waals surface area (Å²) in [5, 5.41) is 3.24. The van der Waals surface area contributed by atoms with Crippen molar-refractivity contribution in [1.29, 1.82) is 0 Å². The summed E-state index contributed by atoms with van der Waals surface area (Å²) < 4.78 is 12.1. The number of benzene rings is 1. The molecule has 0 aliphatic rings. The third-order valence-electron chi connectivity index (χ3n) is 2.61. The molecule has 1 aromatic heterocycles. The summed E-state index contributed by atoms with van der Waals surface area (Å²) in [4.78, 5) is 8.74. The number of methoxy groups -OCH3 is 1. The summed E-state index contributed by atoms with van der Waals surface area (Å²) >= 11 is 2.26. The standard InChI is InChI=1S/C15H18IN3O2/c1-3-8-17-13-9-15(19-14(18-13)10-20-2)21-12-6-4-11(16)5-7-12/h4-7,9H,3,8,10H2,1-2H3,(H,17,18,19). The van der Waals surface area contributed by atoms with Gasteiger partial charge in [0.2, 0.25) is 5.88 Å². The summed E-state index contributed by atoms with van der Waals surface area (Å²) in [6.45, 7) is 3.31. The van der Waals surface area contributed by atoms with Crippen LogP contribution in [0.5, 0.6) is 11.6 Å². The maximum atomic E-state index is 5.79. The molecule has 0 radical (unpaired) electrons. The quantitative estimate of drug-likeness (QED) is 0.717. The van der Waals surface area contributed by atoms with Crippen molar-refractivity contribution in [2.75, 3.05) is 19.0 Å². The highest BCUT2D eigenvalue weighted by atomic mass is 127. The van der Waals surface area contributed by atoms with Crippen LogP contribution < -0.4 is 10.1 Å². The highest BCUT2D eigenvalue weighted by Gasteiger charge is 2.06. The predicted molar refractivity (Wildman–Crippen MR) is 90.8 cm³/mol. The second-order valence-corrected chi connectivity index (χ2v) is 5.67. The Hall–Kier alpha value is -1.41. The van der Waals surface area contributed by atoms with Crippen molar-refractivity contribution in [2.24, 2.45) is 0 Å². The normalized spacial score (nSPS) is 10.4. The van der Waals surface area contributed by atoms with E-state index in [4.69, 9.17) is 9.47 Å². The smallest absolute Gasteiger partial charge is 0.224 e. The summed E-state index contributed by atoms with van der Waals surface area (Å²) in [5.41, 5.74) is 0. The molecule has 2 rings (SSSR count). The average Bonchev–Trinajstić information content (AvgIpc) is 2.48. The first-order valence-electron chi connectivity index (χ1n) is 6.75. The predicted octanol–water partition coefficient (Wildman–Crippen LogP) is 3.84. The molecule has 0 bridgehead atoms. The number of hydrogen-bond donors (Lipinski definition) is 1. The Labute approximate surface area is 138 Å². The number of nitrogens with one attached hydrogen (secondary N) is 1. The topological polar surface area (TPSA) is 56.3 Å². The summed E-state index contributed by atoms with van der Waals surface area (Å²) in [6.07, 6.45) is 1.02. The summed E-state index contributed by atoms with van der Waals surface area (Å²) in [7, 11) is 1.62. The number of aromatic nitrogens is 2. The van der Waals surface area contributed by atoms with Crippen LogP contribution in [0.3, 0.4) is 0 Å². The van der Waals surface area contributed by atoms with E-state index in [2.05, 4.69) is 44.8 Å². The van der Waals surface area contributed by atoms with Gasteiger partial charge in [0.05, 0.1) is 0 Å². The number of anilines is 1. The molecule has 0 aliphatic heterocycles. The largest absolute Gasteiger partial charge is 0.439 e. The first-order valence-corrected chi connectivity index (χ1v) is 7.83. The Morgan fingerprint density at radius 2 is 1.95 bits per heavy atom. The SMILES string of the molecule is CCCNc1cc(Oc2ccc(I)cc2)nc(COC)n1. The van der Waals surface area contributed by atoms with Gasteiger partial charge in [0.1, 0.15) is 18.2 Å². The molecule has 0 saturated carbocycles. The maximum Gasteiger partial charge on any atom is 0.224 e. The van der Waals surface area contributed by atoms with Crippen LogP contribution in [0.15, 0.2) is 30.3 Å². The van der Waals surface area contributed by atoms with E-state index in [1.807, 2.05) is 24.3 Å².